The minimum absolute atomic E-state index is 0.198. The van der Waals surface area contributed by atoms with Gasteiger partial charge in [-0.05, 0) is 18.7 Å². The molecule has 0 bridgehead atoms. The Labute approximate surface area is 119 Å². The largest absolute Gasteiger partial charge is 0.388 e. The summed E-state index contributed by atoms with van der Waals surface area (Å²) in [5, 5.41) is 3.28. The molecule has 0 spiro atoms. The lowest BCUT2D eigenvalue weighted by Gasteiger charge is -2.32. The number of morpholine rings is 1. The number of nitrogens with one attached hydrogen (secondary N) is 1. The number of thiocarbonyl (C=S) groups is 1. The summed E-state index contributed by atoms with van der Waals surface area (Å²) in [7, 11) is 0. The van der Waals surface area contributed by atoms with Crippen molar-refractivity contribution < 1.29 is 4.74 Å². The van der Waals surface area contributed by atoms with E-state index < -0.39 is 0 Å². The van der Waals surface area contributed by atoms with Crippen molar-refractivity contribution in [2.24, 2.45) is 5.73 Å². The average molecular weight is 280 g/mol. The van der Waals surface area contributed by atoms with E-state index in [9.17, 15) is 0 Å². The second-order valence-corrected chi connectivity index (χ2v) is 4.98. The van der Waals surface area contributed by atoms with E-state index in [2.05, 4.69) is 22.1 Å². The first-order chi connectivity index (χ1) is 9.19. The van der Waals surface area contributed by atoms with Crippen LogP contribution >= 0.6 is 12.2 Å². The predicted molar refractivity (Wildman–Crippen MR) is 80.5 cm³/mol. The van der Waals surface area contributed by atoms with Crippen molar-refractivity contribution in [1.82, 2.24) is 9.88 Å². The number of aromatic nitrogens is 1. The maximum absolute atomic E-state index is 5.73. The van der Waals surface area contributed by atoms with E-state index in [0.717, 1.165) is 38.6 Å². The molecule has 3 N–H and O–H groups in total. The highest BCUT2D eigenvalue weighted by molar-refractivity contribution is 7.80. The zero-order valence-electron chi connectivity index (χ0n) is 11.1. The third-order valence-electron chi connectivity index (χ3n) is 3.18. The second-order valence-electron chi connectivity index (χ2n) is 4.54. The van der Waals surface area contributed by atoms with Gasteiger partial charge in [0, 0.05) is 19.6 Å². The molecule has 1 aliphatic rings. The van der Waals surface area contributed by atoms with Crippen molar-refractivity contribution in [3.63, 3.8) is 0 Å². The lowest BCUT2D eigenvalue weighted by Crippen LogP contribution is -2.45. The third kappa shape index (κ3) is 4.12. The summed E-state index contributed by atoms with van der Waals surface area (Å²) in [5.74, 6) is 0.780. The van der Waals surface area contributed by atoms with E-state index in [1.807, 2.05) is 18.2 Å². The van der Waals surface area contributed by atoms with Gasteiger partial charge < -0.3 is 15.8 Å². The molecule has 1 atom stereocenters. The van der Waals surface area contributed by atoms with Crippen LogP contribution in [-0.2, 0) is 4.74 Å². The maximum atomic E-state index is 5.73. The van der Waals surface area contributed by atoms with Crippen molar-refractivity contribution in [1.29, 1.82) is 0 Å². The van der Waals surface area contributed by atoms with Gasteiger partial charge in [0.1, 0.15) is 10.8 Å². The highest BCUT2D eigenvalue weighted by atomic mass is 32.1. The van der Waals surface area contributed by atoms with Gasteiger partial charge in [-0.3, -0.25) is 4.90 Å². The van der Waals surface area contributed by atoms with Crippen LogP contribution in [0.5, 0.6) is 0 Å². The lowest BCUT2D eigenvalue weighted by atomic mass is 10.2. The number of pyridine rings is 1. The molecule has 0 amide bonds. The van der Waals surface area contributed by atoms with Gasteiger partial charge in [0.2, 0.25) is 0 Å². The molecule has 1 aromatic rings. The molecule has 0 radical (unpaired) electrons. The predicted octanol–water partition coefficient (Wildman–Crippen LogP) is 0.848. The Morgan fingerprint density at radius 1 is 1.63 bits per heavy atom. The minimum Gasteiger partial charge on any atom is -0.388 e. The van der Waals surface area contributed by atoms with Crippen LogP contribution < -0.4 is 11.1 Å². The van der Waals surface area contributed by atoms with E-state index in [1.54, 1.807) is 0 Å². The molecule has 0 aliphatic carbocycles. The Bertz CT molecular complexity index is 440. The van der Waals surface area contributed by atoms with Gasteiger partial charge in [0.05, 0.1) is 18.4 Å². The van der Waals surface area contributed by atoms with E-state index in [0.29, 0.717) is 10.7 Å². The zero-order valence-corrected chi connectivity index (χ0v) is 11.9. The number of hydrogen-bond acceptors (Lipinski definition) is 5. The molecule has 0 saturated carbocycles. The molecule has 5 nitrogen and oxygen atoms in total. The quantitative estimate of drug-likeness (QED) is 0.780. The molecule has 2 rings (SSSR count). The van der Waals surface area contributed by atoms with E-state index in [4.69, 9.17) is 22.7 Å². The standard InChI is InChI=1S/C13H20N4OS/c1-2-17-6-7-18-10(9-17)8-15-12-5-3-4-11(16-12)13(14)19/h3-5,10H,2,6-9H2,1H3,(H2,14,19)(H,15,16). The molecular weight excluding hydrogens is 260 g/mol. The smallest absolute Gasteiger partial charge is 0.126 e. The fraction of sp³-hybridized carbons (Fsp3) is 0.538. The van der Waals surface area contributed by atoms with Crippen molar-refractivity contribution in [2.45, 2.75) is 13.0 Å². The molecule has 1 aliphatic heterocycles. The van der Waals surface area contributed by atoms with Crippen LogP contribution in [0.2, 0.25) is 0 Å². The van der Waals surface area contributed by atoms with Crippen LogP contribution in [0.1, 0.15) is 12.6 Å². The first-order valence-electron chi connectivity index (χ1n) is 6.53. The molecule has 6 heteroatoms. The second kappa shape index (κ2) is 6.79. The first-order valence-corrected chi connectivity index (χ1v) is 6.94. The van der Waals surface area contributed by atoms with Crippen LogP contribution in [0.4, 0.5) is 5.82 Å². The van der Waals surface area contributed by atoms with Crippen LogP contribution in [0, 0.1) is 0 Å². The molecule has 1 aromatic heterocycles. The maximum Gasteiger partial charge on any atom is 0.126 e. The highest BCUT2D eigenvalue weighted by Crippen LogP contribution is 2.08. The van der Waals surface area contributed by atoms with Crippen LogP contribution in [-0.4, -0.2) is 53.8 Å². The van der Waals surface area contributed by atoms with Gasteiger partial charge in [-0.25, -0.2) is 4.98 Å². The molecule has 1 saturated heterocycles. The number of anilines is 1. The van der Waals surface area contributed by atoms with Gasteiger partial charge in [0.15, 0.2) is 0 Å². The number of nitrogens with two attached hydrogens (primary N) is 1. The van der Waals surface area contributed by atoms with Crippen molar-refractivity contribution in [2.75, 3.05) is 38.1 Å². The minimum atomic E-state index is 0.198. The van der Waals surface area contributed by atoms with Crippen LogP contribution in [0.25, 0.3) is 0 Å². The fourth-order valence-corrected chi connectivity index (χ4v) is 2.19. The van der Waals surface area contributed by atoms with E-state index >= 15 is 0 Å². The molecular formula is C13H20N4OS. The van der Waals surface area contributed by atoms with Crippen molar-refractivity contribution in [3.05, 3.63) is 23.9 Å². The molecule has 0 aromatic carbocycles. The van der Waals surface area contributed by atoms with Gasteiger partial charge >= 0.3 is 0 Å². The number of rotatable bonds is 5. The first kappa shape index (κ1) is 14.2. The SMILES string of the molecule is CCN1CCOC(CNc2cccc(C(N)=S)n2)C1. The number of likely N-dealkylation sites (N-methyl/N-ethyl adjacent to an activating group) is 1. The Balaban J connectivity index is 1.88. The summed E-state index contributed by atoms with van der Waals surface area (Å²) in [5.41, 5.74) is 6.21. The van der Waals surface area contributed by atoms with Gasteiger partial charge in [-0.1, -0.05) is 25.2 Å². The Kier molecular flexibility index (Phi) is 5.07. The van der Waals surface area contributed by atoms with E-state index in [1.165, 1.54) is 0 Å². The molecule has 19 heavy (non-hydrogen) atoms. The number of nitrogens with zero attached hydrogens (tertiary/aromatic N) is 2. The monoisotopic (exact) mass is 280 g/mol. The summed E-state index contributed by atoms with van der Waals surface area (Å²) < 4.78 is 5.73. The molecule has 2 heterocycles. The Morgan fingerprint density at radius 2 is 2.47 bits per heavy atom. The zero-order chi connectivity index (χ0) is 13.7. The van der Waals surface area contributed by atoms with Crippen LogP contribution in [0.15, 0.2) is 18.2 Å². The van der Waals surface area contributed by atoms with E-state index in [-0.39, 0.29) is 6.10 Å². The number of hydrogen-bond donors (Lipinski definition) is 2. The Morgan fingerprint density at radius 3 is 3.21 bits per heavy atom. The van der Waals surface area contributed by atoms with Crippen molar-refractivity contribution >= 4 is 23.0 Å². The molecule has 1 fully saturated rings. The lowest BCUT2D eigenvalue weighted by molar-refractivity contribution is -0.0192. The normalized spacial score (nSPS) is 20.2. The number of ether oxygens (including phenoxy) is 1. The average Bonchev–Trinajstić information content (AvgIpc) is 2.45. The van der Waals surface area contributed by atoms with Crippen LogP contribution in [0.3, 0.4) is 0 Å². The van der Waals surface area contributed by atoms with Gasteiger partial charge in [0.25, 0.3) is 0 Å². The van der Waals surface area contributed by atoms with Crippen molar-refractivity contribution in [3.8, 4) is 0 Å². The summed E-state index contributed by atoms with van der Waals surface area (Å²) in [6, 6.07) is 5.61. The topological polar surface area (TPSA) is 63.4 Å². The fourth-order valence-electron chi connectivity index (χ4n) is 2.08. The molecule has 104 valence electrons. The summed E-state index contributed by atoms with van der Waals surface area (Å²) >= 11 is 4.92. The summed E-state index contributed by atoms with van der Waals surface area (Å²) in [6.07, 6.45) is 0.198. The Hall–Kier alpha value is -1.24. The summed E-state index contributed by atoms with van der Waals surface area (Å²) in [6.45, 7) is 6.74. The summed E-state index contributed by atoms with van der Waals surface area (Å²) in [4.78, 5) is 7.05. The molecule has 1 unspecified atom stereocenters. The third-order valence-corrected chi connectivity index (χ3v) is 3.39. The van der Waals surface area contributed by atoms with Gasteiger partial charge in [-0.2, -0.15) is 0 Å². The highest BCUT2D eigenvalue weighted by Gasteiger charge is 2.18. The van der Waals surface area contributed by atoms with Gasteiger partial charge in [-0.15, -0.1) is 0 Å².